The summed E-state index contributed by atoms with van der Waals surface area (Å²) >= 11 is 0. The molecule has 0 unspecified atom stereocenters. The number of carbonyl (C=O) groups excluding carboxylic acids is 2. The van der Waals surface area contributed by atoms with Crippen LogP contribution in [0.5, 0.6) is 5.75 Å². The van der Waals surface area contributed by atoms with Crippen LogP contribution in [0.2, 0.25) is 0 Å². The van der Waals surface area contributed by atoms with Gasteiger partial charge in [-0.05, 0) is 55.5 Å². The second-order valence-corrected chi connectivity index (χ2v) is 5.78. The van der Waals surface area contributed by atoms with Crippen molar-refractivity contribution >= 4 is 23.3 Å². The number of benzene rings is 2. The molecule has 2 rings (SSSR count). The minimum atomic E-state index is -0.582. The molecule has 0 saturated carbocycles. The molecule has 2 aromatic rings. The summed E-state index contributed by atoms with van der Waals surface area (Å²) in [5, 5.41) is 16.9. The van der Waals surface area contributed by atoms with Gasteiger partial charge in [0.2, 0.25) is 0 Å². The number of nitrogens with zero attached hydrogens (tertiary/aromatic N) is 3. The number of hydrogen-bond acceptors (Lipinski definition) is 8. The molecule has 29 heavy (non-hydrogen) atoms. The maximum atomic E-state index is 11.6. The zero-order valence-corrected chi connectivity index (χ0v) is 15.8. The highest BCUT2D eigenvalue weighted by Crippen LogP contribution is 2.21. The van der Waals surface area contributed by atoms with Crippen molar-refractivity contribution in [1.29, 1.82) is 5.26 Å². The molecule has 0 atom stereocenters. The van der Waals surface area contributed by atoms with E-state index in [1.165, 1.54) is 6.92 Å². The third kappa shape index (κ3) is 7.64. The molecule has 0 spiro atoms. The van der Waals surface area contributed by atoms with Gasteiger partial charge in [0.15, 0.2) is 6.61 Å². The molecule has 2 aromatic carbocycles. The standard InChI is InChI=1S/C21H19N3O5/c1-15(2)21(26)28-12-11-27-20(25)14-29-19-9-7-18(8-10-19)24-23-17-5-3-16(13-22)4-6-17/h3-10H,1,11-12,14H2,2H3. The largest absolute Gasteiger partial charge is 0.482 e. The van der Waals surface area contributed by atoms with Crippen LogP contribution < -0.4 is 4.74 Å². The van der Waals surface area contributed by atoms with E-state index in [1.54, 1.807) is 48.5 Å². The quantitative estimate of drug-likeness (QED) is 0.275. The summed E-state index contributed by atoms with van der Waals surface area (Å²) < 4.78 is 15.0. The highest BCUT2D eigenvalue weighted by Gasteiger charge is 2.06. The van der Waals surface area contributed by atoms with Crippen LogP contribution in [0, 0.1) is 11.3 Å². The first kappa shape index (κ1) is 21.3. The summed E-state index contributed by atoms with van der Waals surface area (Å²) in [5.41, 5.74) is 2.06. The van der Waals surface area contributed by atoms with E-state index in [0.717, 1.165) is 0 Å². The fraction of sp³-hybridized carbons (Fsp3) is 0.190. The lowest BCUT2D eigenvalue weighted by molar-refractivity contribution is -0.151. The average molecular weight is 393 g/mol. The molecule has 0 aliphatic heterocycles. The second-order valence-electron chi connectivity index (χ2n) is 5.78. The van der Waals surface area contributed by atoms with Gasteiger partial charge in [0.05, 0.1) is 23.0 Å². The Labute approximate surface area is 168 Å². The van der Waals surface area contributed by atoms with Gasteiger partial charge in [-0.1, -0.05) is 6.58 Å². The summed E-state index contributed by atoms with van der Waals surface area (Å²) in [7, 11) is 0. The van der Waals surface area contributed by atoms with E-state index in [4.69, 9.17) is 19.5 Å². The van der Waals surface area contributed by atoms with Gasteiger partial charge in [0, 0.05) is 5.57 Å². The number of azo groups is 1. The Morgan fingerprint density at radius 1 is 0.966 bits per heavy atom. The van der Waals surface area contributed by atoms with Crippen LogP contribution in [0.15, 0.2) is 70.9 Å². The summed E-state index contributed by atoms with van der Waals surface area (Å²) in [4.78, 5) is 22.8. The van der Waals surface area contributed by atoms with Crippen LogP contribution in [0.1, 0.15) is 12.5 Å². The molecular weight excluding hydrogens is 374 g/mol. The molecule has 0 aromatic heterocycles. The Kier molecular flexibility index (Phi) is 8.08. The topological polar surface area (TPSA) is 110 Å². The lowest BCUT2D eigenvalue weighted by Gasteiger charge is -2.08. The number of nitriles is 1. The van der Waals surface area contributed by atoms with Crippen molar-refractivity contribution in [2.24, 2.45) is 10.2 Å². The second kappa shape index (κ2) is 11.0. The summed E-state index contributed by atoms with van der Waals surface area (Å²) in [6.07, 6.45) is 0. The highest BCUT2D eigenvalue weighted by molar-refractivity contribution is 5.86. The van der Waals surface area contributed by atoms with E-state index >= 15 is 0 Å². The van der Waals surface area contributed by atoms with E-state index in [-0.39, 0.29) is 25.4 Å². The monoisotopic (exact) mass is 393 g/mol. The van der Waals surface area contributed by atoms with Gasteiger partial charge in [-0.25, -0.2) is 9.59 Å². The van der Waals surface area contributed by atoms with Crippen molar-refractivity contribution in [2.45, 2.75) is 6.92 Å². The lowest BCUT2D eigenvalue weighted by Crippen LogP contribution is -2.18. The first-order chi connectivity index (χ1) is 14.0. The molecule has 0 heterocycles. The molecule has 8 heteroatoms. The molecule has 0 aliphatic carbocycles. The molecule has 0 N–H and O–H groups in total. The van der Waals surface area contributed by atoms with Crippen LogP contribution >= 0.6 is 0 Å². The Morgan fingerprint density at radius 3 is 2.07 bits per heavy atom. The summed E-state index contributed by atoms with van der Waals surface area (Å²) in [5.74, 6) is -0.650. The minimum Gasteiger partial charge on any atom is -0.482 e. The predicted octanol–water partition coefficient (Wildman–Crippen LogP) is 4.01. The maximum absolute atomic E-state index is 11.6. The molecule has 0 fully saturated rings. The summed E-state index contributed by atoms with van der Waals surface area (Å²) in [6.45, 7) is 4.59. The van der Waals surface area contributed by atoms with Crippen molar-refractivity contribution in [2.75, 3.05) is 19.8 Å². The van der Waals surface area contributed by atoms with E-state index in [0.29, 0.717) is 22.7 Å². The van der Waals surface area contributed by atoms with Crippen molar-refractivity contribution in [3.8, 4) is 11.8 Å². The van der Waals surface area contributed by atoms with Gasteiger partial charge in [0.25, 0.3) is 0 Å². The molecular formula is C21H19N3O5. The van der Waals surface area contributed by atoms with Gasteiger partial charge in [-0.2, -0.15) is 15.5 Å². The molecule has 0 radical (unpaired) electrons. The lowest BCUT2D eigenvalue weighted by atomic mass is 10.2. The van der Waals surface area contributed by atoms with Crippen LogP contribution in [0.4, 0.5) is 11.4 Å². The Balaban J connectivity index is 1.73. The first-order valence-electron chi connectivity index (χ1n) is 8.61. The molecule has 0 aliphatic rings. The molecule has 8 nitrogen and oxygen atoms in total. The fourth-order valence-corrected chi connectivity index (χ4v) is 1.92. The number of hydrogen-bond donors (Lipinski definition) is 0. The number of ether oxygens (including phenoxy) is 3. The number of rotatable bonds is 9. The Morgan fingerprint density at radius 2 is 1.52 bits per heavy atom. The Hall–Kier alpha value is -3.99. The average Bonchev–Trinajstić information content (AvgIpc) is 2.74. The van der Waals surface area contributed by atoms with Crippen molar-refractivity contribution in [3.63, 3.8) is 0 Å². The minimum absolute atomic E-state index is 0.0453. The number of carbonyl (C=O) groups is 2. The van der Waals surface area contributed by atoms with Crippen LogP contribution in [-0.2, 0) is 19.1 Å². The van der Waals surface area contributed by atoms with Crippen LogP contribution in [0.3, 0.4) is 0 Å². The van der Waals surface area contributed by atoms with Crippen molar-refractivity contribution < 1.29 is 23.8 Å². The van der Waals surface area contributed by atoms with E-state index in [1.807, 2.05) is 6.07 Å². The van der Waals surface area contributed by atoms with Gasteiger partial charge in [-0.15, -0.1) is 0 Å². The molecule has 0 bridgehead atoms. The molecule has 0 amide bonds. The van der Waals surface area contributed by atoms with Gasteiger partial charge >= 0.3 is 11.9 Å². The zero-order valence-electron chi connectivity index (χ0n) is 15.8. The maximum Gasteiger partial charge on any atom is 0.344 e. The smallest absolute Gasteiger partial charge is 0.344 e. The first-order valence-corrected chi connectivity index (χ1v) is 8.61. The highest BCUT2D eigenvalue weighted by atomic mass is 16.6. The Bertz CT molecular complexity index is 928. The van der Waals surface area contributed by atoms with E-state index in [2.05, 4.69) is 16.8 Å². The van der Waals surface area contributed by atoms with E-state index < -0.39 is 11.9 Å². The van der Waals surface area contributed by atoms with E-state index in [9.17, 15) is 9.59 Å². The zero-order chi connectivity index (χ0) is 21.1. The predicted molar refractivity (Wildman–Crippen MR) is 104 cm³/mol. The molecule has 0 saturated heterocycles. The van der Waals surface area contributed by atoms with Crippen molar-refractivity contribution in [1.82, 2.24) is 0 Å². The molecule has 148 valence electrons. The van der Waals surface area contributed by atoms with Crippen LogP contribution in [-0.4, -0.2) is 31.8 Å². The van der Waals surface area contributed by atoms with Crippen LogP contribution in [0.25, 0.3) is 0 Å². The third-order valence-electron chi connectivity index (χ3n) is 3.40. The van der Waals surface area contributed by atoms with Gasteiger partial charge in [-0.3, -0.25) is 0 Å². The van der Waals surface area contributed by atoms with Crippen molar-refractivity contribution in [3.05, 3.63) is 66.2 Å². The third-order valence-corrected chi connectivity index (χ3v) is 3.40. The SMILES string of the molecule is C=C(C)C(=O)OCCOC(=O)COc1ccc(N=Nc2ccc(C#N)cc2)cc1. The summed E-state index contributed by atoms with van der Waals surface area (Å²) in [6, 6.07) is 15.4. The van der Waals surface area contributed by atoms with Gasteiger partial charge in [0.1, 0.15) is 19.0 Å². The fourth-order valence-electron chi connectivity index (χ4n) is 1.92. The van der Waals surface area contributed by atoms with Gasteiger partial charge < -0.3 is 14.2 Å². The number of esters is 2. The normalized spacial score (nSPS) is 10.2.